The van der Waals surface area contributed by atoms with Gasteiger partial charge in [0.05, 0.1) is 5.54 Å². The maximum atomic E-state index is 7.01. The lowest BCUT2D eigenvalue weighted by atomic mass is 9.67. The van der Waals surface area contributed by atoms with Crippen LogP contribution in [0, 0.1) is 5.92 Å². The van der Waals surface area contributed by atoms with Gasteiger partial charge in [-0.2, -0.15) is 0 Å². The topological polar surface area (TPSA) is 29.3 Å². The van der Waals surface area contributed by atoms with Crippen LogP contribution in [-0.2, 0) is 12.0 Å². The van der Waals surface area contributed by atoms with E-state index in [0.717, 1.165) is 25.9 Å². The van der Waals surface area contributed by atoms with Crippen molar-refractivity contribution < 1.29 is 0 Å². The van der Waals surface area contributed by atoms with Crippen LogP contribution in [0.4, 0.5) is 0 Å². The van der Waals surface area contributed by atoms with Gasteiger partial charge >= 0.3 is 0 Å². The summed E-state index contributed by atoms with van der Waals surface area (Å²) < 4.78 is 0. The van der Waals surface area contributed by atoms with Gasteiger partial charge in [0.1, 0.15) is 0 Å². The van der Waals surface area contributed by atoms with E-state index in [2.05, 4.69) is 56.2 Å². The average molecular weight is 284 g/mol. The molecule has 0 saturated heterocycles. The van der Waals surface area contributed by atoms with E-state index in [4.69, 9.17) is 5.73 Å². The smallest absolute Gasteiger partial charge is 0.0593 e. The summed E-state index contributed by atoms with van der Waals surface area (Å²) in [6, 6.07) is 8.98. The third-order valence-electron chi connectivity index (χ3n) is 4.85. The highest BCUT2D eigenvalue weighted by Crippen LogP contribution is 2.41. The normalized spacial score (nSPS) is 24.9. The van der Waals surface area contributed by atoms with Gasteiger partial charge in [-0.3, -0.25) is 4.90 Å². The minimum atomic E-state index is -0.319. The molecule has 0 radical (unpaired) electrons. The highest BCUT2D eigenvalue weighted by atomic mass is 15.2. The van der Waals surface area contributed by atoms with Gasteiger partial charge in [-0.25, -0.2) is 0 Å². The van der Waals surface area contributed by atoms with Crippen molar-refractivity contribution in [2.24, 2.45) is 11.7 Å². The van der Waals surface area contributed by atoms with Crippen molar-refractivity contribution in [2.45, 2.75) is 38.3 Å². The number of aryl methyl sites for hydroxylation is 1. The van der Waals surface area contributed by atoms with E-state index >= 15 is 0 Å². The summed E-state index contributed by atoms with van der Waals surface area (Å²) >= 11 is 0. The second-order valence-electron chi connectivity index (χ2n) is 6.33. The molecule has 2 N–H and O–H groups in total. The third kappa shape index (κ3) is 2.83. The molecule has 2 rings (SSSR count). The van der Waals surface area contributed by atoms with E-state index in [1.165, 1.54) is 11.1 Å². The van der Waals surface area contributed by atoms with Crippen LogP contribution in [0.5, 0.6) is 0 Å². The molecule has 1 aliphatic carbocycles. The summed E-state index contributed by atoms with van der Waals surface area (Å²) in [5.41, 5.74) is 9.41. The van der Waals surface area contributed by atoms with Crippen LogP contribution >= 0.6 is 0 Å². The second-order valence-corrected chi connectivity index (χ2v) is 6.33. The van der Waals surface area contributed by atoms with Gasteiger partial charge < -0.3 is 5.73 Å². The van der Waals surface area contributed by atoms with Crippen molar-refractivity contribution in [3.63, 3.8) is 0 Å². The first-order chi connectivity index (χ1) is 10.1. The number of hydrogen-bond acceptors (Lipinski definition) is 2. The number of nitrogens with two attached hydrogens (primary N) is 1. The Morgan fingerprint density at radius 1 is 1.29 bits per heavy atom. The zero-order valence-electron chi connectivity index (χ0n) is 13.4. The van der Waals surface area contributed by atoms with Crippen LogP contribution in [0.2, 0.25) is 0 Å². The lowest BCUT2D eigenvalue weighted by Gasteiger charge is -2.50. The molecular formula is C19H28N2. The molecule has 1 aromatic rings. The Morgan fingerprint density at radius 3 is 2.48 bits per heavy atom. The fourth-order valence-corrected chi connectivity index (χ4v) is 3.71. The van der Waals surface area contributed by atoms with Gasteiger partial charge in [-0.15, -0.1) is 13.2 Å². The largest absolute Gasteiger partial charge is 0.320 e. The molecule has 2 nitrogen and oxygen atoms in total. The van der Waals surface area contributed by atoms with Gasteiger partial charge in [0, 0.05) is 19.1 Å². The molecule has 1 aliphatic rings. The predicted octanol–water partition coefficient (Wildman–Crippen LogP) is 3.49. The third-order valence-corrected chi connectivity index (χ3v) is 4.85. The van der Waals surface area contributed by atoms with Crippen LogP contribution in [0.1, 0.15) is 31.4 Å². The molecule has 0 fully saturated rings. The maximum Gasteiger partial charge on any atom is 0.0593 e. The van der Waals surface area contributed by atoms with Gasteiger partial charge in [-0.05, 0) is 29.9 Å². The lowest BCUT2D eigenvalue weighted by Crippen LogP contribution is -2.61. The Hall–Kier alpha value is -1.38. The maximum absolute atomic E-state index is 7.01. The molecule has 21 heavy (non-hydrogen) atoms. The molecule has 0 aliphatic heterocycles. The minimum absolute atomic E-state index is 0.319. The molecule has 0 heterocycles. The SMILES string of the molecule is C=CCN(CC=C)C1CCc2ccccc2C1(N)C(C)C. The van der Waals surface area contributed by atoms with Crippen molar-refractivity contribution >= 4 is 0 Å². The zero-order valence-corrected chi connectivity index (χ0v) is 13.4. The predicted molar refractivity (Wildman–Crippen MR) is 91.2 cm³/mol. The van der Waals surface area contributed by atoms with Gasteiger partial charge in [0.15, 0.2) is 0 Å². The quantitative estimate of drug-likeness (QED) is 0.810. The van der Waals surface area contributed by atoms with Crippen molar-refractivity contribution in [2.75, 3.05) is 13.1 Å². The van der Waals surface area contributed by atoms with E-state index in [9.17, 15) is 0 Å². The number of benzene rings is 1. The van der Waals surface area contributed by atoms with Crippen LogP contribution < -0.4 is 5.73 Å². The first-order valence-electron chi connectivity index (χ1n) is 7.88. The van der Waals surface area contributed by atoms with Crippen LogP contribution in [-0.4, -0.2) is 24.0 Å². The first kappa shape index (κ1) is 16.0. The summed E-state index contributed by atoms with van der Waals surface area (Å²) in [7, 11) is 0. The fourth-order valence-electron chi connectivity index (χ4n) is 3.71. The standard InChI is InChI=1S/C19H28N2/c1-5-13-21(14-6-2)18-12-11-16-9-7-8-10-17(16)19(18,20)15(3)4/h5-10,15,18H,1-2,11-14,20H2,3-4H3. The lowest BCUT2D eigenvalue weighted by molar-refractivity contribution is 0.0904. The van der Waals surface area contributed by atoms with E-state index in [1.54, 1.807) is 0 Å². The molecule has 2 atom stereocenters. The molecule has 0 aromatic heterocycles. The van der Waals surface area contributed by atoms with E-state index in [-0.39, 0.29) is 5.54 Å². The van der Waals surface area contributed by atoms with Gasteiger partial charge in [0.2, 0.25) is 0 Å². The monoisotopic (exact) mass is 284 g/mol. The van der Waals surface area contributed by atoms with Crippen molar-refractivity contribution in [3.8, 4) is 0 Å². The number of fused-ring (bicyclic) bond motifs is 1. The zero-order chi connectivity index (χ0) is 15.5. The van der Waals surface area contributed by atoms with Gasteiger partial charge in [0.25, 0.3) is 0 Å². The highest BCUT2D eigenvalue weighted by Gasteiger charge is 2.45. The Labute approximate surface area is 129 Å². The number of rotatable bonds is 6. The Bertz CT molecular complexity index is 496. The molecular weight excluding hydrogens is 256 g/mol. The molecule has 0 amide bonds. The summed E-state index contributed by atoms with van der Waals surface area (Å²) in [4.78, 5) is 2.41. The molecule has 2 heteroatoms. The number of nitrogens with zero attached hydrogens (tertiary/aromatic N) is 1. The molecule has 0 spiro atoms. The molecule has 0 bridgehead atoms. The minimum Gasteiger partial charge on any atom is -0.320 e. The van der Waals surface area contributed by atoms with Crippen molar-refractivity contribution in [1.82, 2.24) is 4.90 Å². The summed E-state index contributed by atoms with van der Waals surface area (Å²) in [5.74, 6) is 0.376. The van der Waals surface area contributed by atoms with Crippen LogP contribution in [0.25, 0.3) is 0 Å². The molecule has 114 valence electrons. The first-order valence-corrected chi connectivity index (χ1v) is 7.88. The highest BCUT2D eigenvalue weighted by molar-refractivity contribution is 5.38. The molecule has 0 saturated carbocycles. The average Bonchev–Trinajstić information content (AvgIpc) is 2.47. The molecule has 2 unspecified atom stereocenters. The summed E-state index contributed by atoms with van der Waals surface area (Å²) in [6.07, 6.45) is 6.11. The van der Waals surface area contributed by atoms with Crippen LogP contribution in [0.3, 0.4) is 0 Å². The summed E-state index contributed by atoms with van der Waals surface area (Å²) in [6.45, 7) is 14.0. The van der Waals surface area contributed by atoms with E-state index in [0.29, 0.717) is 12.0 Å². The van der Waals surface area contributed by atoms with Crippen molar-refractivity contribution in [3.05, 3.63) is 60.7 Å². The van der Waals surface area contributed by atoms with Crippen molar-refractivity contribution in [1.29, 1.82) is 0 Å². The van der Waals surface area contributed by atoms with Gasteiger partial charge in [-0.1, -0.05) is 50.3 Å². The Kier molecular flexibility index (Phi) is 5.02. The summed E-state index contributed by atoms with van der Waals surface area (Å²) in [5, 5.41) is 0. The fraction of sp³-hybridized carbons (Fsp3) is 0.474. The van der Waals surface area contributed by atoms with E-state index < -0.39 is 0 Å². The van der Waals surface area contributed by atoms with Crippen LogP contribution in [0.15, 0.2) is 49.6 Å². The molecule has 1 aromatic carbocycles. The van der Waals surface area contributed by atoms with E-state index in [1.807, 2.05) is 12.2 Å². The Morgan fingerprint density at radius 2 is 1.90 bits per heavy atom. The Balaban J connectivity index is 2.47. The number of hydrogen-bond donors (Lipinski definition) is 1. The second kappa shape index (κ2) is 6.59.